The molecule has 4 heteroatoms. The molecule has 1 aromatic carbocycles. The third-order valence-electron chi connectivity index (χ3n) is 4.38. The van der Waals surface area contributed by atoms with Crippen LogP contribution in [0.1, 0.15) is 32.8 Å². The lowest BCUT2D eigenvalue weighted by atomic mass is 9.82. The van der Waals surface area contributed by atoms with Crippen LogP contribution in [0.15, 0.2) is 24.3 Å². The largest absolute Gasteiger partial charge is 0.496 e. The summed E-state index contributed by atoms with van der Waals surface area (Å²) in [5.74, 6) is 0.944. The predicted molar refractivity (Wildman–Crippen MR) is 84.7 cm³/mol. The molecule has 1 N–H and O–H groups in total. The fourth-order valence-electron chi connectivity index (χ4n) is 2.95. The maximum absolute atomic E-state index is 13.1. The zero-order chi connectivity index (χ0) is 15.5. The number of benzene rings is 1. The van der Waals surface area contributed by atoms with Gasteiger partial charge in [0.05, 0.1) is 12.5 Å². The zero-order valence-electron chi connectivity index (χ0n) is 13.5. The number of rotatable bonds is 3. The van der Waals surface area contributed by atoms with Crippen molar-refractivity contribution in [1.82, 2.24) is 10.2 Å². The average molecular weight is 290 g/mol. The second kappa shape index (κ2) is 6.48. The van der Waals surface area contributed by atoms with E-state index in [2.05, 4.69) is 12.2 Å². The first kappa shape index (κ1) is 15.8. The Bertz CT molecular complexity index is 499. The molecule has 0 radical (unpaired) electrons. The molecule has 0 aromatic heterocycles. The van der Waals surface area contributed by atoms with Gasteiger partial charge in [-0.3, -0.25) is 4.79 Å². The second-order valence-corrected chi connectivity index (χ2v) is 6.21. The van der Waals surface area contributed by atoms with Crippen molar-refractivity contribution in [3.05, 3.63) is 29.8 Å². The van der Waals surface area contributed by atoms with E-state index in [4.69, 9.17) is 4.74 Å². The third-order valence-corrected chi connectivity index (χ3v) is 4.38. The van der Waals surface area contributed by atoms with Gasteiger partial charge in [-0.1, -0.05) is 18.2 Å². The standard InChI is InChI=1S/C17H26N2O2/c1-13-9-10-18-11-12-19(13)16(20)17(2,3)14-7-5-6-8-15(14)21-4/h5-8,13,18H,9-12H2,1-4H3. The number of amides is 1. The Balaban J connectivity index is 2.31. The summed E-state index contributed by atoms with van der Waals surface area (Å²) in [6, 6.07) is 8.05. The minimum atomic E-state index is -0.592. The molecule has 0 spiro atoms. The number of nitrogens with one attached hydrogen (secondary N) is 1. The summed E-state index contributed by atoms with van der Waals surface area (Å²) in [5.41, 5.74) is 0.354. The van der Waals surface area contributed by atoms with Gasteiger partial charge in [0, 0.05) is 24.7 Å². The van der Waals surface area contributed by atoms with Gasteiger partial charge >= 0.3 is 0 Å². The first-order valence-corrected chi connectivity index (χ1v) is 7.63. The normalized spacial score (nSPS) is 20.0. The van der Waals surface area contributed by atoms with Crippen LogP contribution in [0.5, 0.6) is 5.75 Å². The number of nitrogens with zero attached hydrogens (tertiary/aromatic N) is 1. The van der Waals surface area contributed by atoms with Gasteiger partial charge in [-0.25, -0.2) is 0 Å². The van der Waals surface area contributed by atoms with Crippen LogP contribution in [0, 0.1) is 0 Å². The monoisotopic (exact) mass is 290 g/mol. The molecule has 4 nitrogen and oxygen atoms in total. The smallest absolute Gasteiger partial charge is 0.233 e. The van der Waals surface area contributed by atoms with Crippen LogP contribution in [0.3, 0.4) is 0 Å². The summed E-state index contributed by atoms with van der Waals surface area (Å²) in [7, 11) is 1.65. The Morgan fingerprint density at radius 2 is 2.05 bits per heavy atom. The maximum atomic E-state index is 13.1. The molecule has 21 heavy (non-hydrogen) atoms. The summed E-state index contributed by atoms with van der Waals surface area (Å²) < 4.78 is 5.44. The van der Waals surface area contributed by atoms with Gasteiger partial charge in [0.2, 0.25) is 5.91 Å². The van der Waals surface area contributed by atoms with E-state index in [1.807, 2.05) is 43.0 Å². The van der Waals surface area contributed by atoms with Gasteiger partial charge in [-0.05, 0) is 39.8 Å². The topological polar surface area (TPSA) is 41.6 Å². The number of para-hydroxylation sites is 1. The zero-order valence-corrected chi connectivity index (χ0v) is 13.5. The molecule has 1 aliphatic rings. The highest BCUT2D eigenvalue weighted by Crippen LogP contribution is 2.33. The molecule has 1 unspecified atom stereocenters. The van der Waals surface area contributed by atoms with Crippen molar-refractivity contribution in [3.63, 3.8) is 0 Å². The molecule has 0 saturated carbocycles. The van der Waals surface area contributed by atoms with Crippen molar-refractivity contribution in [2.45, 2.75) is 38.6 Å². The quantitative estimate of drug-likeness (QED) is 0.928. The molecule has 2 rings (SSSR count). The van der Waals surface area contributed by atoms with Gasteiger partial charge in [0.15, 0.2) is 0 Å². The van der Waals surface area contributed by atoms with E-state index in [1.165, 1.54) is 0 Å². The van der Waals surface area contributed by atoms with Gasteiger partial charge in [0.1, 0.15) is 5.75 Å². The molecule has 1 amide bonds. The number of ether oxygens (including phenoxy) is 1. The van der Waals surface area contributed by atoms with Crippen LogP contribution >= 0.6 is 0 Å². The fraction of sp³-hybridized carbons (Fsp3) is 0.588. The summed E-state index contributed by atoms with van der Waals surface area (Å²) >= 11 is 0. The summed E-state index contributed by atoms with van der Waals surface area (Å²) in [6.07, 6.45) is 0.994. The van der Waals surface area contributed by atoms with E-state index < -0.39 is 5.41 Å². The van der Waals surface area contributed by atoms with Crippen molar-refractivity contribution in [2.75, 3.05) is 26.7 Å². The summed E-state index contributed by atoms with van der Waals surface area (Å²) in [6.45, 7) is 8.69. The van der Waals surface area contributed by atoms with Crippen molar-refractivity contribution in [2.24, 2.45) is 0 Å². The molecule has 1 saturated heterocycles. The van der Waals surface area contributed by atoms with E-state index in [0.717, 1.165) is 37.4 Å². The molecule has 0 bridgehead atoms. The van der Waals surface area contributed by atoms with E-state index in [-0.39, 0.29) is 11.9 Å². The lowest BCUT2D eigenvalue weighted by Gasteiger charge is -2.35. The summed E-state index contributed by atoms with van der Waals surface area (Å²) in [5, 5.41) is 3.36. The van der Waals surface area contributed by atoms with E-state index in [1.54, 1.807) is 7.11 Å². The Morgan fingerprint density at radius 1 is 1.33 bits per heavy atom. The van der Waals surface area contributed by atoms with Gasteiger partial charge in [-0.15, -0.1) is 0 Å². The van der Waals surface area contributed by atoms with E-state index in [9.17, 15) is 4.79 Å². The lowest BCUT2D eigenvalue weighted by Crippen LogP contribution is -2.48. The van der Waals surface area contributed by atoms with E-state index >= 15 is 0 Å². The number of carbonyl (C=O) groups is 1. The molecule has 1 fully saturated rings. The number of hydrogen-bond donors (Lipinski definition) is 1. The van der Waals surface area contributed by atoms with Crippen LogP contribution in [0.25, 0.3) is 0 Å². The van der Waals surface area contributed by atoms with Crippen LogP contribution in [0.2, 0.25) is 0 Å². The Morgan fingerprint density at radius 3 is 2.76 bits per heavy atom. The van der Waals surface area contributed by atoms with E-state index in [0.29, 0.717) is 0 Å². The van der Waals surface area contributed by atoms with Crippen molar-refractivity contribution >= 4 is 5.91 Å². The number of hydrogen-bond acceptors (Lipinski definition) is 3. The molecule has 1 aromatic rings. The highest BCUT2D eigenvalue weighted by atomic mass is 16.5. The molecule has 1 atom stereocenters. The van der Waals surface area contributed by atoms with Crippen molar-refractivity contribution in [1.29, 1.82) is 0 Å². The van der Waals surface area contributed by atoms with Crippen LogP contribution in [-0.2, 0) is 10.2 Å². The first-order chi connectivity index (χ1) is 9.98. The average Bonchev–Trinajstić information content (AvgIpc) is 2.70. The van der Waals surface area contributed by atoms with Crippen LogP contribution < -0.4 is 10.1 Å². The lowest BCUT2D eigenvalue weighted by molar-refractivity contribution is -0.138. The van der Waals surface area contributed by atoms with Gasteiger partial charge in [0.25, 0.3) is 0 Å². The molecule has 116 valence electrons. The maximum Gasteiger partial charge on any atom is 0.233 e. The Hall–Kier alpha value is -1.55. The molecule has 1 aliphatic heterocycles. The highest BCUT2D eigenvalue weighted by Gasteiger charge is 2.37. The number of methoxy groups -OCH3 is 1. The SMILES string of the molecule is COc1ccccc1C(C)(C)C(=O)N1CCNCCC1C. The minimum Gasteiger partial charge on any atom is -0.496 e. The minimum absolute atomic E-state index is 0.170. The molecule has 0 aliphatic carbocycles. The van der Waals surface area contributed by atoms with Crippen molar-refractivity contribution in [3.8, 4) is 5.75 Å². The second-order valence-electron chi connectivity index (χ2n) is 6.21. The summed E-state index contributed by atoms with van der Waals surface area (Å²) in [4.78, 5) is 15.1. The van der Waals surface area contributed by atoms with Crippen molar-refractivity contribution < 1.29 is 9.53 Å². The molecular weight excluding hydrogens is 264 g/mol. The van der Waals surface area contributed by atoms with Crippen LogP contribution in [-0.4, -0.2) is 43.6 Å². The predicted octanol–water partition coefficient (Wildman–Crippen LogP) is 2.18. The molecule has 1 heterocycles. The van der Waals surface area contributed by atoms with Gasteiger partial charge in [-0.2, -0.15) is 0 Å². The highest BCUT2D eigenvalue weighted by molar-refractivity contribution is 5.88. The molecular formula is C17H26N2O2. The Kier molecular flexibility index (Phi) is 4.88. The fourth-order valence-corrected chi connectivity index (χ4v) is 2.95. The van der Waals surface area contributed by atoms with Crippen LogP contribution in [0.4, 0.5) is 0 Å². The third kappa shape index (κ3) is 3.21. The number of carbonyl (C=O) groups excluding carboxylic acids is 1. The Labute approximate surface area is 127 Å². The van der Waals surface area contributed by atoms with Gasteiger partial charge < -0.3 is 15.0 Å². The first-order valence-electron chi connectivity index (χ1n) is 7.63.